The maximum atomic E-state index is 12.3. The number of nitriles is 2. The highest BCUT2D eigenvalue weighted by atomic mass is 32.2. The van der Waals surface area contributed by atoms with Gasteiger partial charge in [0.1, 0.15) is 0 Å². The van der Waals surface area contributed by atoms with E-state index in [1.165, 1.54) is 0 Å². The number of nitrogens with zero attached hydrogens (tertiary/aromatic N) is 4. The first kappa shape index (κ1) is 16.8. The van der Waals surface area contributed by atoms with Crippen molar-refractivity contribution in [1.29, 1.82) is 10.5 Å². The minimum Gasteiger partial charge on any atom is -0.340 e. The van der Waals surface area contributed by atoms with Gasteiger partial charge >= 0.3 is 0 Å². The summed E-state index contributed by atoms with van der Waals surface area (Å²) in [4.78, 5) is 16.2. The van der Waals surface area contributed by atoms with Crippen molar-refractivity contribution in [2.45, 2.75) is 38.0 Å². The Bertz CT molecular complexity index is 383. The summed E-state index contributed by atoms with van der Waals surface area (Å²) < 4.78 is 0. The van der Waals surface area contributed by atoms with Gasteiger partial charge in [-0.15, -0.1) is 0 Å². The lowest BCUT2D eigenvalue weighted by Gasteiger charge is -2.38. The van der Waals surface area contributed by atoms with Crippen molar-refractivity contribution in [3.63, 3.8) is 0 Å². The molecule has 0 bridgehead atoms. The second kappa shape index (κ2) is 8.84. The number of amides is 1. The molecule has 0 aromatic carbocycles. The molecule has 1 fully saturated rings. The number of hydrogen-bond acceptors (Lipinski definition) is 5. The van der Waals surface area contributed by atoms with Crippen molar-refractivity contribution in [2.75, 3.05) is 31.9 Å². The Morgan fingerprint density at radius 1 is 1.30 bits per heavy atom. The van der Waals surface area contributed by atoms with E-state index in [1.54, 1.807) is 4.90 Å². The molecule has 0 spiro atoms. The largest absolute Gasteiger partial charge is 0.340 e. The van der Waals surface area contributed by atoms with E-state index in [2.05, 4.69) is 30.9 Å². The zero-order chi connectivity index (χ0) is 15.0. The van der Waals surface area contributed by atoms with Gasteiger partial charge in [-0.1, -0.05) is 6.92 Å². The highest BCUT2D eigenvalue weighted by molar-refractivity contribution is 8.00. The second-order valence-corrected chi connectivity index (χ2v) is 6.47. The molecule has 0 aliphatic carbocycles. The maximum absolute atomic E-state index is 12.3. The van der Waals surface area contributed by atoms with Crippen molar-refractivity contribution < 1.29 is 4.79 Å². The smallest absolute Gasteiger partial charge is 0.236 e. The minimum absolute atomic E-state index is 0.0291. The summed E-state index contributed by atoms with van der Waals surface area (Å²) >= 11 is 1.94. The summed E-state index contributed by atoms with van der Waals surface area (Å²) in [5, 5.41) is 17.8. The van der Waals surface area contributed by atoms with Gasteiger partial charge in [-0.2, -0.15) is 22.3 Å². The fraction of sp³-hybridized carbons (Fsp3) is 0.786. The number of carbonyl (C=O) groups excluding carboxylic acids is 1. The molecular weight excluding hydrogens is 272 g/mol. The number of carbonyl (C=O) groups is 1. The van der Waals surface area contributed by atoms with Gasteiger partial charge in [0.15, 0.2) is 0 Å². The molecule has 1 aliphatic heterocycles. The molecule has 2 atom stereocenters. The molecule has 20 heavy (non-hydrogen) atoms. The Balaban J connectivity index is 2.55. The van der Waals surface area contributed by atoms with Crippen molar-refractivity contribution >= 4 is 17.7 Å². The van der Waals surface area contributed by atoms with Gasteiger partial charge in [-0.3, -0.25) is 9.69 Å². The molecule has 5 nitrogen and oxygen atoms in total. The Morgan fingerprint density at radius 3 is 2.45 bits per heavy atom. The summed E-state index contributed by atoms with van der Waals surface area (Å²) in [6.45, 7) is 6.50. The predicted octanol–water partition coefficient (Wildman–Crippen LogP) is 1.47. The first-order chi connectivity index (χ1) is 9.60. The van der Waals surface area contributed by atoms with Crippen LogP contribution in [0.3, 0.4) is 0 Å². The zero-order valence-corrected chi connectivity index (χ0v) is 13.0. The fourth-order valence-corrected chi connectivity index (χ4v) is 3.39. The van der Waals surface area contributed by atoms with Gasteiger partial charge in [0.2, 0.25) is 5.91 Å². The molecule has 0 N–H and O–H groups in total. The predicted molar refractivity (Wildman–Crippen MR) is 80.0 cm³/mol. The van der Waals surface area contributed by atoms with Gasteiger partial charge in [-0.25, -0.2) is 0 Å². The average molecular weight is 294 g/mol. The molecule has 0 saturated carbocycles. The zero-order valence-electron chi connectivity index (χ0n) is 12.2. The SMILES string of the molecule is CC1SCCN(CC(=O)N(CCC#N)CCC#N)C1C. The first-order valence-electron chi connectivity index (χ1n) is 6.97. The van der Waals surface area contributed by atoms with E-state index in [0.29, 0.717) is 43.8 Å². The van der Waals surface area contributed by atoms with Crippen molar-refractivity contribution in [1.82, 2.24) is 9.80 Å². The van der Waals surface area contributed by atoms with Crippen LogP contribution in [-0.2, 0) is 4.79 Å². The highest BCUT2D eigenvalue weighted by Crippen LogP contribution is 2.23. The molecule has 1 amide bonds. The van der Waals surface area contributed by atoms with E-state index in [0.717, 1.165) is 12.3 Å². The van der Waals surface area contributed by atoms with E-state index in [4.69, 9.17) is 10.5 Å². The van der Waals surface area contributed by atoms with Crippen LogP contribution in [0.1, 0.15) is 26.7 Å². The average Bonchev–Trinajstić information content (AvgIpc) is 2.44. The highest BCUT2D eigenvalue weighted by Gasteiger charge is 2.27. The minimum atomic E-state index is 0.0291. The van der Waals surface area contributed by atoms with Crippen LogP contribution in [0.15, 0.2) is 0 Å². The van der Waals surface area contributed by atoms with Gasteiger partial charge in [0, 0.05) is 36.7 Å². The Hall–Kier alpha value is -1.24. The Kier molecular flexibility index (Phi) is 7.43. The topological polar surface area (TPSA) is 71.1 Å². The molecular formula is C14H22N4OS. The van der Waals surface area contributed by atoms with Crippen molar-refractivity contribution in [3.8, 4) is 12.1 Å². The van der Waals surface area contributed by atoms with Crippen LogP contribution >= 0.6 is 11.8 Å². The molecule has 0 radical (unpaired) electrons. The van der Waals surface area contributed by atoms with Crippen LogP contribution in [0.25, 0.3) is 0 Å². The van der Waals surface area contributed by atoms with Crippen LogP contribution in [0.5, 0.6) is 0 Å². The number of hydrogen-bond donors (Lipinski definition) is 0. The van der Waals surface area contributed by atoms with Crippen LogP contribution in [0, 0.1) is 22.7 Å². The molecule has 6 heteroatoms. The first-order valence-corrected chi connectivity index (χ1v) is 8.02. The molecule has 1 rings (SSSR count). The van der Waals surface area contributed by atoms with E-state index in [9.17, 15) is 4.79 Å². The number of thioether (sulfide) groups is 1. The lowest BCUT2D eigenvalue weighted by molar-refractivity contribution is -0.132. The Morgan fingerprint density at radius 2 is 1.90 bits per heavy atom. The second-order valence-electron chi connectivity index (χ2n) is 4.98. The number of rotatable bonds is 6. The molecule has 0 aromatic rings. The molecule has 2 unspecified atom stereocenters. The quantitative estimate of drug-likeness (QED) is 0.742. The van der Waals surface area contributed by atoms with Crippen molar-refractivity contribution in [2.24, 2.45) is 0 Å². The third-order valence-corrected chi connectivity index (χ3v) is 5.03. The fourth-order valence-electron chi connectivity index (χ4n) is 2.22. The van der Waals surface area contributed by atoms with Crippen LogP contribution < -0.4 is 0 Å². The van der Waals surface area contributed by atoms with Gasteiger partial charge in [0.25, 0.3) is 0 Å². The van der Waals surface area contributed by atoms with Crippen molar-refractivity contribution in [3.05, 3.63) is 0 Å². The summed E-state index contributed by atoms with van der Waals surface area (Å²) in [5.74, 6) is 1.08. The lowest BCUT2D eigenvalue weighted by Crippen LogP contribution is -2.50. The molecule has 110 valence electrons. The summed E-state index contributed by atoms with van der Waals surface area (Å²) in [7, 11) is 0. The standard InChI is InChI=1S/C14H22N4OS/c1-12-13(2)20-10-9-18(12)11-14(19)17(7-3-5-15)8-4-6-16/h12-13H,3-4,7-11H2,1-2H3. The van der Waals surface area contributed by atoms with Crippen LogP contribution in [0.2, 0.25) is 0 Å². The monoisotopic (exact) mass is 294 g/mol. The van der Waals surface area contributed by atoms with E-state index < -0.39 is 0 Å². The lowest BCUT2D eigenvalue weighted by atomic mass is 10.2. The van der Waals surface area contributed by atoms with E-state index in [-0.39, 0.29) is 5.91 Å². The third-order valence-electron chi connectivity index (χ3n) is 3.69. The molecule has 0 aromatic heterocycles. The molecule has 1 aliphatic rings. The Labute approximate surface area is 125 Å². The summed E-state index contributed by atoms with van der Waals surface area (Å²) in [6.07, 6.45) is 0.637. The van der Waals surface area contributed by atoms with Gasteiger partial charge in [0.05, 0.1) is 31.5 Å². The molecule has 1 heterocycles. The van der Waals surface area contributed by atoms with E-state index >= 15 is 0 Å². The van der Waals surface area contributed by atoms with Gasteiger partial charge < -0.3 is 4.90 Å². The van der Waals surface area contributed by atoms with Crippen LogP contribution in [0.4, 0.5) is 0 Å². The van der Waals surface area contributed by atoms with E-state index in [1.807, 2.05) is 11.8 Å². The summed E-state index contributed by atoms with van der Waals surface area (Å²) in [5.41, 5.74) is 0. The molecule has 1 saturated heterocycles. The maximum Gasteiger partial charge on any atom is 0.236 e. The van der Waals surface area contributed by atoms with Crippen LogP contribution in [-0.4, -0.2) is 58.9 Å². The van der Waals surface area contributed by atoms with Gasteiger partial charge in [-0.05, 0) is 6.92 Å². The third kappa shape index (κ3) is 5.03. The normalized spacial score (nSPS) is 22.8. The summed E-state index contributed by atoms with van der Waals surface area (Å²) in [6, 6.07) is 4.49.